The molecule has 0 radical (unpaired) electrons. The van der Waals surface area contributed by atoms with Crippen molar-refractivity contribution in [1.82, 2.24) is 5.32 Å². The highest BCUT2D eigenvalue weighted by molar-refractivity contribution is 9.10. The Labute approximate surface area is 108 Å². The fourth-order valence-electron chi connectivity index (χ4n) is 1.80. The Kier molecular flexibility index (Phi) is 3.79. The lowest BCUT2D eigenvalue weighted by atomic mass is 10.1. The number of nitrogens with two attached hydrogens (primary N) is 1. The first-order valence-electron chi connectivity index (χ1n) is 5.57. The molecule has 1 amide bonds. The van der Waals surface area contributed by atoms with E-state index in [1.807, 2.05) is 0 Å². The molecule has 2 rings (SSSR count). The van der Waals surface area contributed by atoms with Gasteiger partial charge in [0.2, 0.25) is 0 Å². The minimum absolute atomic E-state index is 0.00421. The van der Waals surface area contributed by atoms with Crippen molar-refractivity contribution in [1.29, 1.82) is 0 Å². The van der Waals surface area contributed by atoms with Crippen molar-refractivity contribution >= 4 is 21.8 Å². The van der Waals surface area contributed by atoms with E-state index in [0.717, 1.165) is 12.8 Å². The van der Waals surface area contributed by atoms with Crippen LogP contribution in [0.4, 0.5) is 4.39 Å². The van der Waals surface area contributed by atoms with Gasteiger partial charge in [-0.15, -0.1) is 0 Å². The standard InChI is InChI=1S/C12H14BrFN2O/c13-9-3-8(4-10(14)5-9)12(17)16-11(6-15)7-1-2-7/h3-5,7,11H,1-2,6,15H2,(H,16,17). The molecule has 0 bridgehead atoms. The van der Waals surface area contributed by atoms with Gasteiger partial charge in [-0.2, -0.15) is 0 Å². The summed E-state index contributed by atoms with van der Waals surface area (Å²) >= 11 is 3.16. The average molecular weight is 301 g/mol. The van der Waals surface area contributed by atoms with Crippen LogP contribution in [0.1, 0.15) is 23.2 Å². The van der Waals surface area contributed by atoms with Gasteiger partial charge >= 0.3 is 0 Å². The van der Waals surface area contributed by atoms with Crippen LogP contribution >= 0.6 is 15.9 Å². The van der Waals surface area contributed by atoms with Crippen molar-refractivity contribution in [2.75, 3.05) is 6.54 Å². The van der Waals surface area contributed by atoms with Crippen LogP contribution < -0.4 is 11.1 Å². The van der Waals surface area contributed by atoms with Gasteiger partial charge < -0.3 is 11.1 Å². The molecular formula is C12H14BrFN2O. The molecule has 1 saturated carbocycles. The Hall–Kier alpha value is -0.940. The number of carbonyl (C=O) groups is 1. The fourth-order valence-corrected chi connectivity index (χ4v) is 2.27. The van der Waals surface area contributed by atoms with Crippen LogP contribution in [0.2, 0.25) is 0 Å². The van der Waals surface area contributed by atoms with Crippen LogP contribution in [0.3, 0.4) is 0 Å². The molecule has 1 unspecified atom stereocenters. The Bertz CT molecular complexity index is 414. The van der Waals surface area contributed by atoms with E-state index in [-0.39, 0.29) is 11.9 Å². The first-order valence-corrected chi connectivity index (χ1v) is 6.36. The Morgan fingerprint density at radius 3 is 2.76 bits per heavy atom. The van der Waals surface area contributed by atoms with Crippen molar-refractivity contribution < 1.29 is 9.18 Å². The molecular weight excluding hydrogens is 287 g/mol. The van der Waals surface area contributed by atoms with Gasteiger partial charge in [-0.1, -0.05) is 15.9 Å². The number of hydrogen-bond acceptors (Lipinski definition) is 2. The second-order valence-electron chi connectivity index (χ2n) is 4.31. The van der Waals surface area contributed by atoms with E-state index in [0.29, 0.717) is 22.5 Å². The number of carbonyl (C=O) groups excluding carboxylic acids is 1. The van der Waals surface area contributed by atoms with Crippen molar-refractivity contribution in [3.8, 4) is 0 Å². The van der Waals surface area contributed by atoms with Crippen LogP contribution in [0.15, 0.2) is 22.7 Å². The molecule has 1 atom stereocenters. The molecule has 1 aliphatic carbocycles. The summed E-state index contributed by atoms with van der Waals surface area (Å²) in [6.07, 6.45) is 2.21. The predicted octanol–water partition coefficient (Wildman–Crippen LogP) is 2.06. The molecule has 1 aromatic rings. The van der Waals surface area contributed by atoms with E-state index in [2.05, 4.69) is 21.2 Å². The lowest BCUT2D eigenvalue weighted by Crippen LogP contribution is -2.41. The third-order valence-electron chi connectivity index (χ3n) is 2.89. The highest BCUT2D eigenvalue weighted by atomic mass is 79.9. The molecule has 0 heterocycles. The zero-order chi connectivity index (χ0) is 12.4. The molecule has 1 aliphatic rings. The summed E-state index contributed by atoms with van der Waals surface area (Å²) in [7, 11) is 0. The van der Waals surface area contributed by atoms with E-state index < -0.39 is 5.82 Å². The average Bonchev–Trinajstić information content (AvgIpc) is 3.08. The van der Waals surface area contributed by atoms with E-state index in [9.17, 15) is 9.18 Å². The van der Waals surface area contributed by atoms with E-state index in [1.54, 1.807) is 6.07 Å². The Balaban J connectivity index is 2.07. The maximum Gasteiger partial charge on any atom is 0.251 e. The number of amides is 1. The third-order valence-corrected chi connectivity index (χ3v) is 3.34. The smallest absolute Gasteiger partial charge is 0.251 e. The molecule has 0 spiro atoms. The summed E-state index contributed by atoms with van der Waals surface area (Å²) in [5.74, 6) is -0.214. The van der Waals surface area contributed by atoms with Gasteiger partial charge in [-0.25, -0.2) is 4.39 Å². The maximum absolute atomic E-state index is 13.1. The lowest BCUT2D eigenvalue weighted by molar-refractivity contribution is 0.0933. The van der Waals surface area contributed by atoms with Gasteiger partial charge in [0.15, 0.2) is 0 Å². The topological polar surface area (TPSA) is 55.1 Å². The lowest BCUT2D eigenvalue weighted by Gasteiger charge is -2.16. The largest absolute Gasteiger partial charge is 0.348 e. The number of halogens is 2. The van der Waals surface area contributed by atoms with Gasteiger partial charge in [-0.3, -0.25) is 4.79 Å². The van der Waals surface area contributed by atoms with Crippen LogP contribution in [0, 0.1) is 11.7 Å². The van der Waals surface area contributed by atoms with Gasteiger partial charge in [0, 0.05) is 22.6 Å². The first kappa shape index (κ1) is 12.5. The zero-order valence-electron chi connectivity index (χ0n) is 9.25. The van der Waals surface area contributed by atoms with Gasteiger partial charge in [-0.05, 0) is 37.0 Å². The van der Waals surface area contributed by atoms with E-state index in [1.165, 1.54) is 12.1 Å². The van der Waals surface area contributed by atoms with Gasteiger partial charge in [0.25, 0.3) is 5.91 Å². The summed E-state index contributed by atoms with van der Waals surface area (Å²) in [6.45, 7) is 0.424. The molecule has 3 nitrogen and oxygen atoms in total. The van der Waals surface area contributed by atoms with E-state index >= 15 is 0 Å². The van der Waals surface area contributed by atoms with Crippen molar-refractivity contribution in [3.63, 3.8) is 0 Å². The summed E-state index contributed by atoms with van der Waals surface area (Å²) in [4.78, 5) is 11.9. The quantitative estimate of drug-likeness (QED) is 0.894. The second kappa shape index (κ2) is 5.14. The third kappa shape index (κ3) is 3.26. The van der Waals surface area contributed by atoms with Crippen LogP contribution in [-0.2, 0) is 0 Å². The van der Waals surface area contributed by atoms with Crippen LogP contribution in [0.25, 0.3) is 0 Å². The summed E-state index contributed by atoms with van der Waals surface area (Å²) in [6, 6.07) is 4.14. The van der Waals surface area contributed by atoms with Gasteiger partial charge in [0.05, 0.1) is 0 Å². The Morgan fingerprint density at radius 2 is 2.24 bits per heavy atom. The molecule has 0 aliphatic heterocycles. The van der Waals surface area contributed by atoms with Crippen molar-refractivity contribution in [3.05, 3.63) is 34.1 Å². The minimum Gasteiger partial charge on any atom is -0.348 e. The molecule has 5 heteroatoms. The highest BCUT2D eigenvalue weighted by Gasteiger charge is 2.31. The van der Waals surface area contributed by atoms with Gasteiger partial charge in [0.1, 0.15) is 5.82 Å². The molecule has 0 aromatic heterocycles. The number of rotatable bonds is 4. The monoisotopic (exact) mass is 300 g/mol. The molecule has 1 aromatic carbocycles. The molecule has 92 valence electrons. The first-order chi connectivity index (χ1) is 8.10. The number of benzene rings is 1. The van der Waals surface area contributed by atoms with Crippen molar-refractivity contribution in [2.24, 2.45) is 11.7 Å². The van der Waals surface area contributed by atoms with E-state index in [4.69, 9.17) is 5.73 Å². The summed E-state index contributed by atoms with van der Waals surface area (Å²) < 4.78 is 13.7. The van der Waals surface area contributed by atoms with Crippen LogP contribution in [-0.4, -0.2) is 18.5 Å². The van der Waals surface area contributed by atoms with Crippen LogP contribution in [0.5, 0.6) is 0 Å². The maximum atomic E-state index is 13.1. The zero-order valence-corrected chi connectivity index (χ0v) is 10.8. The highest BCUT2D eigenvalue weighted by Crippen LogP contribution is 2.32. The second-order valence-corrected chi connectivity index (χ2v) is 5.23. The number of hydrogen-bond donors (Lipinski definition) is 2. The molecule has 3 N–H and O–H groups in total. The Morgan fingerprint density at radius 1 is 1.53 bits per heavy atom. The SMILES string of the molecule is NCC(NC(=O)c1cc(F)cc(Br)c1)C1CC1. The van der Waals surface area contributed by atoms with Crippen molar-refractivity contribution in [2.45, 2.75) is 18.9 Å². The molecule has 17 heavy (non-hydrogen) atoms. The molecule has 0 saturated heterocycles. The molecule has 1 fully saturated rings. The summed E-state index contributed by atoms with van der Waals surface area (Å²) in [5.41, 5.74) is 5.92. The fraction of sp³-hybridized carbons (Fsp3) is 0.417. The predicted molar refractivity (Wildman–Crippen MR) is 67.1 cm³/mol. The summed E-state index contributed by atoms with van der Waals surface area (Å²) in [5, 5.41) is 2.85. The minimum atomic E-state index is -0.430. The number of nitrogens with one attached hydrogen (secondary N) is 1. The normalized spacial score (nSPS) is 16.6.